The molecule has 5 heteroatoms. The zero-order chi connectivity index (χ0) is 21.8. The number of carbonyl (C=O) groups excluding carboxylic acids is 1. The molecule has 1 N–H and O–H groups in total. The van der Waals surface area contributed by atoms with Gasteiger partial charge in [-0.15, -0.1) is 0 Å². The number of amides is 2. The number of benzene rings is 3. The molecule has 0 saturated heterocycles. The van der Waals surface area contributed by atoms with Crippen molar-refractivity contribution in [3.63, 3.8) is 0 Å². The predicted molar refractivity (Wildman–Crippen MR) is 125 cm³/mol. The number of carbonyl (C=O) groups is 1. The van der Waals surface area contributed by atoms with Crippen molar-refractivity contribution in [3.05, 3.63) is 101 Å². The molecule has 0 radical (unpaired) electrons. The van der Waals surface area contributed by atoms with Gasteiger partial charge in [-0.3, -0.25) is 0 Å². The Balaban J connectivity index is 1.38. The summed E-state index contributed by atoms with van der Waals surface area (Å²) in [7, 11) is 1.83. The summed E-state index contributed by atoms with van der Waals surface area (Å²) in [6.07, 6.45) is 1.88. The van der Waals surface area contributed by atoms with Crippen molar-refractivity contribution in [1.29, 1.82) is 0 Å². The van der Waals surface area contributed by atoms with Crippen molar-refractivity contribution in [3.8, 4) is 0 Å². The average Bonchev–Trinajstić information content (AvgIpc) is 3.20. The summed E-state index contributed by atoms with van der Waals surface area (Å²) < 4.78 is 2.14. The van der Waals surface area contributed by atoms with Crippen LogP contribution >= 0.6 is 0 Å². The Labute approximate surface area is 183 Å². The van der Waals surface area contributed by atoms with Gasteiger partial charge in [0, 0.05) is 20.1 Å². The lowest BCUT2D eigenvalue weighted by Gasteiger charge is -2.25. The first-order chi connectivity index (χ1) is 15.0. The van der Waals surface area contributed by atoms with Crippen LogP contribution in [0.15, 0.2) is 79.1 Å². The molecule has 0 fully saturated rings. The number of nitrogens with one attached hydrogen (secondary N) is 1. The number of para-hydroxylation sites is 2. The van der Waals surface area contributed by atoms with E-state index in [0.717, 1.165) is 28.7 Å². The van der Waals surface area contributed by atoms with Crippen molar-refractivity contribution in [2.45, 2.75) is 33.0 Å². The lowest BCUT2D eigenvalue weighted by molar-refractivity contribution is 0.194. The molecule has 0 aliphatic heterocycles. The molecular formula is C26H28N4O. The first-order valence-electron chi connectivity index (χ1n) is 10.6. The number of aromatic nitrogens is 2. The van der Waals surface area contributed by atoms with E-state index < -0.39 is 0 Å². The maximum atomic E-state index is 12.7. The highest BCUT2D eigenvalue weighted by atomic mass is 16.2. The molecule has 31 heavy (non-hydrogen) atoms. The van der Waals surface area contributed by atoms with E-state index in [1.807, 2.05) is 50.6 Å². The van der Waals surface area contributed by atoms with Crippen molar-refractivity contribution < 1.29 is 4.79 Å². The lowest BCUT2D eigenvalue weighted by Crippen LogP contribution is -2.38. The zero-order valence-corrected chi connectivity index (χ0v) is 18.2. The van der Waals surface area contributed by atoms with E-state index in [4.69, 9.17) is 0 Å². The number of hydrogen-bond donors (Lipinski definition) is 1. The van der Waals surface area contributed by atoms with E-state index in [9.17, 15) is 4.79 Å². The fourth-order valence-electron chi connectivity index (χ4n) is 3.72. The van der Waals surface area contributed by atoms with Crippen LogP contribution in [0.4, 0.5) is 4.79 Å². The van der Waals surface area contributed by atoms with Gasteiger partial charge in [0.15, 0.2) is 0 Å². The van der Waals surface area contributed by atoms with Gasteiger partial charge in [0.1, 0.15) is 0 Å². The Hall–Kier alpha value is -3.60. The molecule has 1 heterocycles. The third-order valence-corrected chi connectivity index (χ3v) is 5.78. The number of fused-ring (bicyclic) bond motifs is 1. The molecule has 4 aromatic rings. The monoisotopic (exact) mass is 412 g/mol. The van der Waals surface area contributed by atoms with E-state index in [1.54, 1.807) is 4.90 Å². The average molecular weight is 413 g/mol. The first kappa shape index (κ1) is 20.7. The van der Waals surface area contributed by atoms with Crippen LogP contribution < -0.4 is 5.32 Å². The highest BCUT2D eigenvalue weighted by Gasteiger charge is 2.17. The standard InChI is InChI=1S/C26H28N4O/c1-19-11-13-23(14-12-19)20(2)29(3)26(31)27-16-21-7-6-8-22(15-21)17-30-18-28-24-9-4-5-10-25(24)30/h4-15,18,20H,16-17H2,1-3H3,(H,27,31). The van der Waals surface area contributed by atoms with Gasteiger partial charge in [-0.05, 0) is 42.7 Å². The summed E-state index contributed by atoms with van der Waals surface area (Å²) >= 11 is 0. The Morgan fingerprint density at radius 3 is 2.58 bits per heavy atom. The zero-order valence-electron chi connectivity index (χ0n) is 18.2. The van der Waals surface area contributed by atoms with Crippen LogP contribution in [0.5, 0.6) is 0 Å². The molecular weight excluding hydrogens is 384 g/mol. The van der Waals surface area contributed by atoms with Crippen LogP contribution in [-0.4, -0.2) is 27.5 Å². The molecule has 1 unspecified atom stereocenters. The van der Waals surface area contributed by atoms with Gasteiger partial charge in [0.2, 0.25) is 0 Å². The van der Waals surface area contributed by atoms with Crippen molar-refractivity contribution in [2.24, 2.45) is 0 Å². The van der Waals surface area contributed by atoms with Crippen LogP contribution in [0.25, 0.3) is 11.0 Å². The minimum absolute atomic E-state index is 0.00135. The number of nitrogens with zero attached hydrogens (tertiary/aromatic N) is 3. The predicted octanol–water partition coefficient (Wildman–Crippen LogP) is 5.30. The molecule has 2 amide bonds. The van der Waals surface area contributed by atoms with Crippen molar-refractivity contribution in [2.75, 3.05) is 7.05 Å². The fourth-order valence-corrected chi connectivity index (χ4v) is 3.72. The summed E-state index contributed by atoms with van der Waals surface area (Å²) in [5.74, 6) is 0. The second kappa shape index (κ2) is 9.04. The molecule has 1 atom stereocenters. The van der Waals surface area contributed by atoms with Gasteiger partial charge in [0.25, 0.3) is 0 Å². The molecule has 0 aliphatic carbocycles. The maximum absolute atomic E-state index is 12.7. The number of urea groups is 1. The van der Waals surface area contributed by atoms with Crippen LogP contribution in [0, 0.1) is 6.92 Å². The SMILES string of the molecule is Cc1ccc(C(C)N(C)C(=O)NCc2cccc(Cn3cnc4ccccc43)c2)cc1. The molecule has 5 nitrogen and oxygen atoms in total. The number of imidazole rings is 1. The van der Waals surface area contributed by atoms with E-state index in [0.29, 0.717) is 6.54 Å². The summed E-state index contributed by atoms with van der Waals surface area (Å²) in [6, 6.07) is 24.7. The van der Waals surface area contributed by atoms with Crippen LogP contribution in [0.3, 0.4) is 0 Å². The van der Waals surface area contributed by atoms with Gasteiger partial charge in [-0.25, -0.2) is 9.78 Å². The molecule has 0 bridgehead atoms. The smallest absolute Gasteiger partial charge is 0.317 e. The van der Waals surface area contributed by atoms with E-state index in [1.165, 1.54) is 11.1 Å². The largest absolute Gasteiger partial charge is 0.334 e. The van der Waals surface area contributed by atoms with E-state index >= 15 is 0 Å². The van der Waals surface area contributed by atoms with Crippen molar-refractivity contribution >= 4 is 17.1 Å². The van der Waals surface area contributed by atoms with Crippen molar-refractivity contribution in [1.82, 2.24) is 19.8 Å². The van der Waals surface area contributed by atoms with Gasteiger partial charge in [-0.1, -0.05) is 66.2 Å². The molecule has 1 aromatic heterocycles. The molecule has 0 aliphatic rings. The van der Waals surface area contributed by atoms with Gasteiger partial charge in [-0.2, -0.15) is 0 Å². The molecule has 0 saturated carbocycles. The van der Waals surface area contributed by atoms with E-state index in [2.05, 4.69) is 64.3 Å². The number of hydrogen-bond acceptors (Lipinski definition) is 2. The van der Waals surface area contributed by atoms with Crippen LogP contribution in [-0.2, 0) is 13.1 Å². The number of rotatable bonds is 6. The third-order valence-electron chi connectivity index (χ3n) is 5.78. The van der Waals surface area contributed by atoms with Gasteiger partial charge < -0.3 is 14.8 Å². The summed E-state index contributed by atoms with van der Waals surface area (Å²) in [5, 5.41) is 3.04. The summed E-state index contributed by atoms with van der Waals surface area (Å²) in [5.41, 5.74) is 6.71. The minimum atomic E-state index is -0.0842. The Morgan fingerprint density at radius 1 is 1.03 bits per heavy atom. The Morgan fingerprint density at radius 2 is 1.77 bits per heavy atom. The topological polar surface area (TPSA) is 50.2 Å². The third kappa shape index (κ3) is 4.77. The maximum Gasteiger partial charge on any atom is 0.317 e. The lowest BCUT2D eigenvalue weighted by atomic mass is 10.1. The number of aryl methyl sites for hydroxylation is 1. The molecule has 0 spiro atoms. The second-order valence-electron chi connectivity index (χ2n) is 8.04. The highest BCUT2D eigenvalue weighted by molar-refractivity contribution is 5.75. The Kier molecular flexibility index (Phi) is 6.03. The Bertz CT molecular complexity index is 1180. The minimum Gasteiger partial charge on any atom is -0.334 e. The highest BCUT2D eigenvalue weighted by Crippen LogP contribution is 2.19. The fraction of sp³-hybridized carbons (Fsp3) is 0.231. The molecule has 4 rings (SSSR count). The quantitative estimate of drug-likeness (QED) is 0.467. The summed E-state index contributed by atoms with van der Waals surface area (Å²) in [6.45, 7) is 5.34. The van der Waals surface area contributed by atoms with Gasteiger partial charge in [0.05, 0.1) is 23.4 Å². The first-order valence-corrected chi connectivity index (χ1v) is 10.6. The van der Waals surface area contributed by atoms with E-state index in [-0.39, 0.29) is 12.1 Å². The second-order valence-corrected chi connectivity index (χ2v) is 8.04. The van der Waals surface area contributed by atoms with Gasteiger partial charge >= 0.3 is 6.03 Å². The summed E-state index contributed by atoms with van der Waals surface area (Å²) in [4.78, 5) is 18.9. The molecule has 158 valence electrons. The van der Waals surface area contributed by atoms with Crippen LogP contribution in [0.1, 0.15) is 35.2 Å². The molecule has 3 aromatic carbocycles. The normalized spacial score (nSPS) is 12.0. The van der Waals surface area contributed by atoms with Crippen LogP contribution in [0.2, 0.25) is 0 Å².